The maximum atomic E-state index is 15.1. The Hall–Kier alpha value is -1.97. The second-order valence-corrected chi connectivity index (χ2v) is 10.4. The molecule has 1 heterocycles. The zero-order chi connectivity index (χ0) is 24.1. The molecule has 2 aliphatic rings. The second kappa shape index (κ2) is 11.2. The second-order valence-electron chi connectivity index (χ2n) is 10.4. The van der Waals surface area contributed by atoms with Crippen LogP contribution in [0.25, 0.3) is 11.1 Å². The van der Waals surface area contributed by atoms with Crippen molar-refractivity contribution in [1.29, 1.82) is 0 Å². The first-order valence-electron chi connectivity index (χ1n) is 13.5. The van der Waals surface area contributed by atoms with Gasteiger partial charge in [0.1, 0.15) is 0 Å². The van der Waals surface area contributed by atoms with E-state index in [-0.39, 0.29) is 11.3 Å². The van der Waals surface area contributed by atoms with Crippen LogP contribution in [0.4, 0.5) is 13.2 Å². The SMILES string of the molecule is CCCCCCC1CCC(c2ccc3c(c2)C(F)(F)Oc2c-3ccc(CCCCC)c2F)CC1. The summed E-state index contributed by atoms with van der Waals surface area (Å²) < 4.78 is 50.4. The molecular weight excluding hydrogens is 433 g/mol. The first kappa shape index (κ1) is 25.1. The van der Waals surface area contributed by atoms with E-state index in [0.717, 1.165) is 43.6 Å². The van der Waals surface area contributed by atoms with Crippen molar-refractivity contribution < 1.29 is 17.9 Å². The van der Waals surface area contributed by atoms with Gasteiger partial charge in [0, 0.05) is 5.56 Å². The van der Waals surface area contributed by atoms with E-state index in [2.05, 4.69) is 13.8 Å². The maximum absolute atomic E-state index is 15.1. The Labute approximate surface area is 203 Å². The van der Waals surface area contributed by atoms with Crippen molar-refractivity contribution >= 4 is 0 Å². The van der Waals surface area contributed by atoms with Gasteiger partial charge in [0.25, 0.3) is 0 Å². The van der Waals surface area contributed by atoms with Crippen molar-refractivity contribution in [2.24, 2.45) is 5.92 Å². The Kier molecular flexibility index (Phi) is 8.26. The Morgan fingerprint density at radius 3 is 2.29 bits per heavy atom. The molecule has 0 bridgehead atoms. The molecule has 34 heavy (non-hydrogen) atoms. The Bertz CT molecular complexity index is 960. The first-order chi connectivity index (χ1) is 16.4. The minimum Gasteiger partial charge on any atom is -0.425 e. The Balaban J connectivity index is 1.50. The summed E-state index contributed by atoms with van der Waals surface area (Å²) in [5.74, 6) is 0.145. The normalized spacial score (nSPS) is 21.0. The van der Waals surface area contributed by atoms with Gasteiger partial charge in [-0.05, 0) is 73.1 Å². The number of rotatable bonds is 10. The average molecular weight is 473 g/mol. The van der Waals surface area contributed by atoms with Crippen LogP contribution >= 0.6 is 0 Å². The number of alkyl halides is 2. The van der Waals surface area contributed by atoms with Crippen LogP contribution < -0.4 is 4.74 Å². The topological polar surface area (TPSA) is 9.23 Å². The summed E-state index contributed by atoms with van der Waals surface area (Å²) in [5, 5.41) is 0. The first-order valence-corrected chi connectivity index (χ1v) is 13.5. The number of unbranched alkanes of at least 4 members (excludes halogenated alkanes) is 5. The lowest BCUT2D eigenvalue weighted by molar-refractivity contribution is -0.188. The molecule has 0 aromatic heterocycles. The van der Waals surface area contributed by atoms with Crippen molar-refractivity contribution in [1.82, 2.24) is 0 Å². The summed E-state index contributed by atoms with van der Waals surface area (Å²) in [6.45, 7) is 4.32. The molecule has 186 valence electrons. The highest BCUT2D eigenvalue weighted by Gasteiger charge is 2.44. The van der Waals surface area contributed by atoms with Gasteiger partial charge in [-0.3, -0.25) is 0 Å². The van der Waals surface area contributed by atoms with Gasteiger partial charge in [0.2, 0.25) is 0 Å². The molecule has 0 amide bonds. The van der Waals surface area contributed by atoms with Gasteiger partial charge < -0.3 is 4.74 Å². The number of halogens is 3. The van der Waals surface area contributed by atoms with Gasteiger partial charge in [-0.15, -0.1) is 0 Å². The van der Waals surface area contributed by atoms with Crippen molar-refractivity contribution in [3.8, 4) is 16.9 Å². The van der Waals surface area contributed by atoms with Gasteiger partial charge in [-0.2, -0.15) is 8.78 Å². The summed E-state index contributed by atoms with van der Waals surface area (Å²) >= 11 is 0. The van der Waals surface area contributed by atoms with Gasteiger partial charge in [0.15, 0.2) is 11.6 Å². The molecule has 0 spiro atoms. The predicted molar refractivity (Wildman–Crippen MR) is 133 cm³/mol. The molecule has 2 aromatic rings. The Morgan fingerprint density at radius 2 is 1.56 bits per heavy atom. The molecule has 4 rings (SSSR count). The molecule has 0 atom stereocenters. The van der Waals surface area contributed by atoms with Crippen LogP contribution in [0.3, 0.4) is 0 Å². The van der Waals surface area contributed by atoms with E-state index < -0.39 is 11.9 Å². The van der Waals surface area contributed by atoms with Crippen LogP contribution in [0.1, 0.15) is 114 Å². The number of hydrogen-bond donors (Lipinski definition) is 0. The average Bonchev–Trinajstić information content (AvgIpc) is 2.84. The number of aryl methyl sites for hydroxylation is 1. The molecule has 0 unspecified atom stereocenters. The van der Waals surface area contributed by atoms with Gasteiger partial charge in [-0.1, -0.05) is 83.1 Å². The Morgan fingerprint density at radius 1 is 0.853 bits per heavy atom. The van der Waals surface area contributed by atoms with Crippen molar-refractivity contribution in [2.45, 2.75) is 109 Å². The number of ether oxygens (including phenoxy) is 1. The van der Waals surface area contributed by atoms with Gasteiger partial charge in [-0.25, -0.2) is 4.39 Å². The highest BCUT2D eigenvalue weighted by atomic mass is 19.3. The summed E-state index contributed by atoms with van der Waals surface area (Å²) in [5.41, 5.74) is 2.11. The smallest absolute Gasteiger partial charge is 0.425 e. The van der Waals surface area contributed by atoms with Crippen molar-refractivity contribution in [3.63, 3.8) is 0 Å². The van der Waals surface area contributed by atoms with Crippen LogP contribution in [0, 0.1) is 11.7 Å². The van der Waals surface area contributed by atoms with Crippen LogP contribution in [-0.2, 0) is 12.5 Å². The zero-order valence-electron chi connectivity index (χ0n) is 20.8. The minimum absolute atomic E-state index is 0.127. The molecule has 0 radical (unpaired) electrons. The zero-order valence-corrected chi connectivity index (χ0v) is 20.8. The molecule has 1 nitrogen and oxygen atoms in total. The number of hydrogen-bond acceptors (Lipinski definition) is 1. The lowest BCUT2D eigenvalue weighted by Crippen LogP contribution is -2.28. The van der Waals surface area contributed by atoms with Crippen LogP contribution in [0.5, 0.6) is 5.75 Å². The summed E-state index contributed by atoms with van der Waals surface area (Å²) in [6, 6.07) is 8.83. The predicted octanol–water partition coefficient (Wildman–Crippen LogP) is 9.91. The molecule has 1 aliphatic carbocycles. The highest BCUT2D eigenvalue weighted by molar-refractivity contribution is 5.77. The van der Waals surface area contributed by atoms with E-state index >= 15 is 13.2 Å². The third-order valence-corrected chi connectivity index (χ3v) is 7.89. The van der Waals surface area contributed by atoms with Gasteiger partial charge >= 0.3 is 6.11 Å². The van der Waals surface area contributed by atoms with Crippen LogP contribution in [0.15, 0.2) is 30.3 Å². The molecule has 1 saturated carbocycles. The van der Waals surface area contributed by atoms with E-state index in [1.165, 1.54) is 44.9 Å². The van der Waals surface area contributed by atoms with Crippen LogP contribution in [-0.4, -0.2) is 0 Å². The van der Waals surface area contributed by atoms with E-state index in [9.17, 15) is 0 Å². The summed E-state index contributed by atoms with van der Waals surface area (Å²) in [7, 11) is 0. The van der Waals surface area contributed by atoms with Crippen molar-refractivity contribution in [3.05, 3.63) is 52.8 Å². The lowest BCUT2D eigenvalue weighted by atomic mass is 9.76. The molecule has 0 N–H and O–H groups in total. The fraction of sp³-hybridized carbons (Fsp3) is 0.600. The third-order valence-electron chi connectivity index (χ3n) is 7.89. The minimum atomic E-state index is -3.53. The lowest BCUT2D eigenvalue weighted by Gasteiger charge is -2.32. The largest absolute Gasteiger partial charge is 0.427 e. The summed E-state index contributed by atoms with van der Waals surface area (Å²) in [4.78, 5) is 0. The van der Waals surface area contributed by atoms with E-state index in [1.807, 2.05) is 6.07 Å². The molecule has 2 aromatic carbocycles. The van der Waals surface area contributed by atoms with E-state index in [4.69, 9.17) is 4.74 Å². The van der Waals surface area contributed by atoms with E-state index in [1.54, 1.807) is 24.3 Å². The molecule has 1 aliphatic heterocycles. The fourth-order valence-electron chi connectivity index (χ4n) is 5.79. The summed E-state index contributed by atoms with van der Waals surface area (Å²) in [6.07, 6.45) is 10.8. The van der Waals surface area contributed by atoms with Gasteiger partial charge in [0.05, 0.1) is 5.56 Å². The maximum Gasteiger partial charge on any atom is 0.427 e. The molecule has 0 saturated heterocycles. The highest BCUT2D eigenvalue weighted by Crippen LogP contribution is 2.50. The molecule has 1 fully saturated rings. The number of fused-ring (bicyclic) bond motifs is 3. The molecule has 4 heteroatoms. The molecular formula is C30H39F3O. The monoisotopic (exact) mass is 472 g/mol. The van der Waals surface area contributed by atoms with E-state index in [0.29, 0.717) is 29.0 Å². The third kappa shape index (κ3) is 5.47. The quantitative estimate of drug-likeness (QED) is 0.313. The standard InChI is InChI=1S/C30H39F3O/c1-3-5-7-9-10-21-12-14-22(15-13-21)24-17-18-25-26-19-16-23(11-8-6-4-2)28(31)29(26)34-30(32,33)27(25)20-24/h16-22H,3-15H2,1-2H3. The van der Waals surface area contributed by atoms with Crippen LogP contribution in [0.2, 0.25) is 0 Å². The number of benzene rings is 2. The van der Waals surface area contributed by atoms with Crippen molar-refractivity contribution in [2.75, 3.05) is 0 Å². The fourth-order valence-corrected chi connectivity index (χ4v) is 5.79.